The summed E-state index contributed by atoms with van der Waals surface area (Å²) in [5.41, 5.74) is 0.864. The summed E-state index contributed by atoms with van der Waals surface area (Å²) in [6.45, 7) is 13.6. The van der Waals surface area contributed by atoms with Crippen LogP contribution in [0.4, 0.5) is 10.5 Å². The third-order valence-corrected chi connectivity index (χ3v) is 5.05. The van der Waals surface area contributed by atoms with Crippen LogP contribution in [0.1, 0.15) is 34.1 Å². The zero-order chi connectivity index (χ0) is 18.6. The van der Waals surface area contributed by atoms with E-state index in [2.05, 4.69) is 37.5 Å². The van der Waals surface area contributed by atoms with Crippen molar-refractivity contribution in [1.82, 2.24) is 9.80 Å². The smallest absolute Gasteiger partial charge is 0.411 e. The van der Waals surface area contributed by atoms with Crippen LogP contribution in [0.25, 0.3) is 0 Å². The van der Waals surface area contributed by atoms with Crippen LogP contribution in [0.15, 0.2) is 24.3 Å². The molecule has 1 atom stereocenters. The molecule has 5 nitrogen and oxygen atoms in total. The minimum Gasteiger partial charge on any atom is -0.465 e. The summed E-state index contributed by atoms with van der Waals surface area (Å²) in [7, 11) is 0. The molecule has 0 aromatic heterocycles. The summed E-state index contributed by atoms with van der Waals surface area (Å²) in [5.74, 6) is 0. The van der Waals surface area contributed by atoms with Crippen molar-refractivity contribution in [1.29, 1.82) is 0 Å². The van der Waals surface area contributed by atoms with Crippen LogP contribution >= 0.6 is 11.6 Å². The predicted molar refractivity (Wildman–Crippen MR) is 104 cm³/mol. The first-order chi connectivity index (χ1) is 11.7. The second kappa shape index (κ2) is 8.39. The highest BCUT2D eigenvalue weighted by Gasteiger charge is 2.31. The lowest BCUT2D eigenvalue weighted by molar-refractivity contribution is 0.0180. The molecular weight excluding hydrogens is 338 g/mol. The number of carbonyl (C=O) groups is 1. The second-order valence-corrected chi connectivity index (χ2v) is 8.21. The van der Waals surface area contributed by atoms with Crippen molar-refractivity contribution >= 4 is 23.4 Å². The Morgan fingerprint density at radius 2 is 1.92 bits per heavy atom. The molecule has 1 fully saturated rings. The van der Waals surface area contributed by atoms with Crippen LogP contribution in [-0.4, -0.2) is 65.3 Å². The van der Waals surface area contributed by atoms with Crippen LogP contribution in [0, 0.1) is 0 Å². The maximum absolute atomic E-state index is 11.5. The zero-order valence-corrected chi connectivity index (χ0v) is 16.5. The molecule has 0 radical (unpaired) electrons. The Morgan fingerprint density at radius 1 is 1.28 bits per heavy atom. The third-order valence-electron chi connectivity index (χ3n) is 4.80. The molecule has 1 heterocycles. The fourth-order valence-electron chi connectivity index (χ4n) is 3.64. The lowest BCUT2D eigenvalue weighted by Crippen LogP contribution is -2.58. The zero-order valence-electron chi connectivity index (χ0n) is 15.7. The Labute approximate surface area is 156 Å². The topological polar surface area (TPSA) is 47.0 Å². The normalized spacial score (nSPS) is 19.8. The maximum atomic E-state index is 11.5. The largest absolute Gasteiger partial charge is 0.465 e. The van der Waals surface area contributed by atoms with E-state index < -0.39 is 6.09 Å². The molecule has 1 N–H and O–H groups in total. The number of anilines is 1. The van der Waals surface area contributed by atoms with Crippen molar-refractivity contribution in [2.24, 2.45) is 0 Å². The first-order valence-corrected chi connectivity index (χ1v) is 9.31. The van der Waals surface area contributed by atoms with E-state index in [0.29, 0.717) is 23.3 Å². The fourth-order valence-corrected chi connectivity index (χ4v) is 3.77. The Hall–Kier alpha value is -1.30. The van der Waals surface area contributed by atoms with E-state index >= 15 is 0 Å². The number of piperazine rings is 1. The van der Waals surface area contributed by atoms with Gasteiger partial charge in [-0.1, -0.05) is 11.6 Å². The standard InChI is InChI=1S/C19H30ClN3O2/c1-15-14-21(12-13-23(15)19(2,3)4)10-5-11-22(18(24)25)17-8-6-16(20)7-9-17/h6-9,15H,5,10-14H2,1-4H3,(H,24,25). The Morgan fingerprint density at radius 3 is 2.44 bits per heavy atom. The van der Waals surface area contributed by atoms with Gasteiger partial charge in [0, 0.05) is 48.5 Å². The molecule has 0 bridgehead atoms. The second-order valence-electron chi connectivity index (χ2n) is 7.78. The highest BCUT2D eigenvalue weighted by Crippen LogP contribution is 2.21. The fraction of sp³-hybridized carbons (Fsp3) is 0.632. The summed E-state index contributed by atoms with van der Waals surface area (Å²) in [5, 5.41) is 10.1. The number of hydrogen-bond donors (Lipinski definition) is 1. The van der Waals surface area contributed by atoms with Crippen molar-refractivity contribution in [3.63, 3.8) is 0 Å². The monoisotopic (exact) mass is 367 g/mol. The minimum absolute atomic E-state index is 0.195. The summed E-state index contributed by atoms with van der Waals surface area (Å²) in [6, 6.07) is 7.46. The van der Waals surface area contributed by atoms with Crippen molar-refractivity contribution in [2.75, 3.05) is 37.6 Å². The van der Waals surface area contributed by atoms with Crippen LogP contribution < -0.4 is 4.90 Å². The lowest BCUT2D eigenvalue weighted by atomic mass is 10.0. The molecule has 0 spiro atoms. The number of amides is 1. The van der Waals surface area contributed by atoms with Crippen LogP contribution in [0.2, 0.25) is 5.02 Å². The van der Waals surface area contributed by atoms with E-state index in [0.717, 1.165) is 32.6 Å². The van der Waals surface area contributed by atoms with Gasteiger partial charge in [0.15, 0.2) is 0 Å². The summed E-state index contributed by atoms with van der Waals surface area (Å²) < 4.78 is 0. The first-order valence-electron chi connectivity index (χ1n) is 8.93. The maximum Gasteiger partial charge on any atom is 0.411 e. The van der Waals surface area contributed by atoms with E-state index in [-0.39, 0.29) is 5.54 Å². The Balaban J connectivity index is 1.85. The molecular formula is C19H30ClN3O2. The molecule has 6 heteroatoms. The van der Waals surface area contributed by atoms with Gasteiger partial charge in [-0.25, -0.2) is 4.79 Å². The van der Waals surface area contributed by atoms with Gasteiger partial charge < -0.3 is 10.0 Å². The average molecular weight is 368 g/mol. The quantitative estimate of drug-likeness (QED) is 0.853. The Bertz CT molecular complexity index is 571. The molecule has 25 heavy (non-hydrogen) atoms. The molecule has 1 amide bonds. The molecule has 0 aliphatic carbocycles. The average Bonchev–Trinajstić information content (AvgIpc) is 2.51. The molecule has 0 saturated carbocycles. The Kier molecular flexibility index (Phi) is 6.72. The van der Waals surface area contributed by atoms with E-state index in [1.807, 2.05) is 0 Å². The third kappa shape index (κ3) is 5.59. The van der Waals surface area contributed by atoms with Gasteiger partial charge in [0.1, 0.15) is 0 Å². The summed E-state index contributed by atoms with van der Waals surface area (Å²) in [6.07, 6.45) is -0.106. The van der Waals surface area contributed by atoms with Gasteiger partial charge in [-0.15, -0.1) is 0 Å². The predicted octanol–water partition coefficient (Wildman–Crippen LogP) is 4.02. The van der Waals surface area contributed by atoms with Crippen molar-refractivity contribution in [2.45, 2.75) is 45.7 Å². The van der Waals surface area contributed by atoms with Gasteiger partial charge in [0.05, 0.1) is 0 Å². The SMILES string of the molecule is CC1CN(CCCN(C(=O)O)c2ccc(Cl)cc2)CCN1C(C)(C)C. The van der Waals surface area contributed by atoms with Gasteiger partial charge in [-0.2, -0.15) is 0 Å². The molecule has 1 saturated heterocycles. The molecule has 1 aromatic carbocycles. The van der Waals surface area contributed by atoms with Gasteiger partial charge in [-0.3, -0.25) is 9.80 Å². The van der Waals surface area contributed by atoms with Crippen LogP contribution in [0.3, 0.4) is 0 Å². The number of nitrogens with zero attached hydrogens (tertiary/aromatic N) is 3. The van der Waals surface area contributed by atoms with Crippen molar-refractivity contribution in [3.05, 3.63) is 29.3 Å². The lowest BCUT2D eigenvalue weighted by Gasteiger charge is -2.47. The van der Waals surface area contributed by atoms with Gasteiger partial charge in [0.25, 0.3) is 0 Å². The van der Waals surface area contributed by atoms with Gasteiger partial charge in [-0.05, 0) is 64.9 Å². The number of carboxylic acid groups (broad SMARTS) is 1. The van der Waals surface area contributed by atoms with E-state index in [4.69, 9.17) is 11.6 Å². The molecule has 140 valence electrons. The minimum atomic E-state index is -0.923. The van der Waals surface area contributed by atoms with Crippen molar-refractivity contribution in [3.8, 4) is 0 Å². The van der Waals surface area contributed by atoms with Crippen molar-refractivity contribution < 1.29 is 9.90 Å². The summed E-state index contributed by atoms with van der Waals surface area (Å²) >= 11 is 5.88. The highest BCUT2D eigenvalue weighted by atomic mass is 35.5. The van der Waals surface area contributed by atoms with Crippen LogP contribution in [-0.2, 0) is 0 Å². The van der Waals surface area contributed by atoms with E-state index in [1.165, 1.54) is 4.90 Å². The number of hydrogen-bond acceptors (Lipinski definition) is 3. The van der Waals surface area contributed by atoms with Gasteiger partial charge >= 0.3 is 6.09 Å². The molecule has 1 aromatic rings. The number of benzene rings is 1. The number of rotatable bonds is 5. The molecule has 1 aliphatic heterocycles. The highest BCUT2D eigenvalue weighted by molar-refractivity contribution is 6.30. The van der Waals surface area contributed by atoms with E-state index in [1.54, 1.807) is 24.3 Å². The molecule has 1 aliphatic rings. The van der Waals surface area contributed by atoms with E-state index in [9.17, 15) is 9.90 Å². The van der Waals surface area contributed by atoms with Gasteiger partial charge in [0.2, 0.25) is 0 Å². The summed E-state index contributed by atoms with van der Waals surface area (Å²) in [4.78, 5) is 17.9. The molecule has 1 unspecified atom stereocenters. The molecule has 2 rings (SSSR count). The van der Waals surface area contributed by atoms with Crippen LogP contribution in [0.5, 0.6) is 0 Å². The first kappa shape index (κ1) is 20.0. The number of halogens is 1.